The van der Waals surface area contributed by atoms with E-state index in [2.05, 4.69) is 35.3 Å². The Morgan fingerprint density at radius 2 is 2.00 bits per heavy atom. The number of hydrogen-bond acceptors (Lipinski definition) is 4. The van der Waals surface area contributed by atoms with E-state index in [1.807, 2.05) is 14.0 Å². The van der Waals surface area contributed by atoms with Crippen molar-refractivity contribution >= 4 is 0 Å². The molecule has 1 saturated heterocycles. The fourth-order valence-corrected chi connectivity index (χ4v) is 2.53. The van der Waals surface area contributed by atoms with Crippen LogP contribution in [0.15, 0.2) is 0 Å². The lowest BCUT2D eigenvalue weighted by Crippen LogP contribution is -2.44. The minimum atomic E-state index is -0.375. The quantitative estimate of drug-likeness (QED) is 0.770. The van der Waals surface area contributed by atoms with Crippen molar-refractivity contribution in [2.45, 2.75) is 31.7 Å². The van der Waals surface area contributed by atoms with Gasteiger partial charge in [0.15, 0.2) is 0 Å². The molecule has 1 aliphatic heterocycles. The van der Waals surface area contributed by atoms with Crippen molar-refractivity contribution in [3.05, 3.63) is 0 Å². The van der Waals surface area contributed by atoms with Gasteiger partial charge in [0.2, 0.25) is 0 Å². The van der Waals surface area contributed by atoms with Crippen LogP contribution in [0.5, 0.6) is 0 Å². The van der Waals surface area contributed by atoms with Gasteiger partial charge < -0.3 is 15.1 Å². The minimum Gasteiger partial charge on any atom is -0.309 e. The highest BCUT2D eigenvalue weighted by Crippen LogP contribution is 2.19. The summed E-state index contributed by atoms with van der Waals surface area (Å²) in [5.41, 5.74) is -0.375. The Kier molecular flexibility index (Phi) is 6.07. The fourth-order valence-electron chi connectivity index (χ4n) is 2.53. The van der Waals surface area contributed by atoms with Crippen LogP contribution in [0.3, 0.4) is 0 Å². The molecule has 1 atom stereocenters. The summed E-state index contributed by atoms with van der Waals surface area (Å²) in [4.78, 5) is 4.78. The summed E-state index contributed by atoms with van der Waals surface area (Å²) in [6.45, 7) is 6.58. The average molecular weight is 252 g/mol. The zero-order valence-electron chi connectivity index (χ0n) is 12.4. The molecule has 0 aromatic carbocycles. The van der Waals surface area contributed by atoms with Crippen molar-refractivity contribution in [3.8, 4) is 6.07 Å². The van der Waals surface area contributed by atoms with Crippen LogP contribution in [0.2, 0.25) is 0 Å². The molecule has 1 aliphatic rings. The lowest BCUT2D eigenvalue weighted by Gasteiger charge is -2.34. The monoisotopic (exact) mass is 252 g/mol. The van der Waals surface area contributed by atoms with Gasteiger partial charge in [0, 0.05) is 13.1 Å². The largest absolute Gasteiger partial charge is 0.309 e. The summed E-state index contributed by atoms with van der Waals surface area (Å²) in [5, 5.41) is 12.2. The lowest BCUT2D eigenvalue weighted by molar-refractivity contribution is 0.154. The van der Waals surface area contributed by atoms with E-state index in [1.165, 1.54) is 32.5 Å². The first-order chi connectivity index (χ1) is 8.49. The molecule has 1 fully saturated rings. The third kappa shape index (κ3) is 4.93. The molecule has 0 spiro atoms. The molecule has 0 bridgehead atoms. The molecule has 0 radical (unpaired) electrons. The highest BCUT2D eigenvalue weighted by Gasteiger charge is 2.24. The molecular formula is C14H28N4. The molecule has 4 nitrogen and oxygen atoms in total. The second-order valence-corrected chi connectivity index (χ2v) is 5.99. The van der Waals surface area contributed by atoms with Crippen molar-refractivity contribution in [2.75, 3.05) is 47.3 Å². The molecule has 0 aliphatic carbocycles. The fraction of sp³-hybridized carbons (Fsp3) is 0.929. The molecular weight excluding hydrogens is 224 g/mol. The second kappa shape index (κ2) is 7.08. The third-order valence-electron chi connectivity index (χ3n) is 4.06. The Morgan fingerprint density at radius 1 is 1.39 bits per heavy atom. The first-order valence-electron chi connectivity index (χ1n) is 6.96. The van der Waals surface area contributed by atoms with E-state index in [0.717, 1.165) is 18.9 Å². The van der Waals surface area contributed by atoms with E-state index in [-0.39, 0.29) is 5.54 Å². The van der Waals surface area contributed by atoms with Gasteiger partial charge >= 0.3 is 0 Å². The minimum absolute atomic E-state index is 0.375. The Bertz CT molecular complexity index is 276. The number of piperidine rings is 1. The number of nitrogens with zero attached hydrogens (tertiary/aromatic N) is 3. The Labute approximate surface area is 112 Å². The van der Waals surface area contributed by atoms with Crippen LogP contribution in [0.25, 0.3) is 0 Å². The number of rotatable bonds is 6. The molecule has 1 N–H and O–H groups in total. The molecule has 0 aromatic heterocycles. The lowest BCUT2D eigenvalue weighted by atomic mass is 9.94. The Balaban J connectivity index is 2.26. The summed E-state index contributed by atoms with van der Waals surface area (Å²) in [5.74, 6) is 0.850. The molecule has 104 valence electrons. The highest BCUT2D eigenvalue weighted by atomic mass is 15.1. The van der Waals surface area contributed by atoms with Crippen molar-refractivity contribution in [3.63, 3.8) is 0 Å². The van der Waals surface area contributed by atoms with Crippen LogP contribution in [-0.4, -0.2) is 62.7 Å². The van der Waals surface area contributed by atoms with Gasteiger partial charge in [-0.3, -0.25) is 0 Å². The van der Waals surface area contributed by atoms with Gasteiger partial charge in [-0.15, -0.1) is 0 Å². The first kappa shape index (κ1) is 15.4. The van der Waals surface area contributed by atoms with Gasteiger partial charge in [0.05, 0.1) is 6.07 Å². The van der Waals surface area contributed by atoms with Crippen molar-refractivity contribution in [2.24, 2.45) is 5.92 Å². The SMILES string of the molecule is CNC(C)(C#N)CCN1CCC(CN(C)C)CC1. The van der Waals surface area contributed by atoms with Crippen LogP contribution in [0, 0.1) is 17.2 Å². The van der Waals surface area contributed by atoms with Crippen molar-refractivity contribution in [1.82, 2.24) is 15.1 Å². The standard InChI is InChI=1S/C14H28N4/c1-14(12-15,16-2)7-10-18-8-5-13(6-9-18)11-17(3)4/h13,16H,5-11H2,1-4H3. The van der Waals surface area contributed by atoms with Crippen LogP contribution in [0.1, 0.15) is 26.2 Å². The van der Waals surface area contributed by atoms with E-state index in [1.54, 1.807) is 0 Å². The number of nitriles is 1. The van der Waals surface area contributed by atoms with E-state index < -0.39 is 0 Å². The average Bonchev–Trinajstić information content (AvgIpc) is 2.37. The predicted molar refractivity (Wildman–Crippen MR) is 75.4 cm³/mol. The normalized spacial score (nSPS) is 21.8. The van der Waals surface area contributed by atoms with Gasteiger partial charge in [0.1, 0.15) is 5.54 Å². The molecule has 18 heavy (non-hydrogen) atoms. The molecule has 0 amide bonds. The Morgan fingerprint density at radius 3 is 2.44 bits per heavy atom. The van der Waals surface area contributed by atoms with E-state index in [0.29, 0.717) is 0 Å². The van der Waals surface area contributed by atoms with Crippen LogP contribution in [-0.2, 0) is 0 Å². The summed E-state index contributed by atoms with van der Waals surface area (Å²) < 4.78 is 0. The smallest absolute Gasteiger partial charge is 0.104 e. The topological polar surface area (TPSA) is 42.3 Å². The Hall–Kier alpha value is -0.630. The zero-order valence-corrected chi connectivity index (χ0v) is 12.4. The molecule has 1 heterocycles. The molecule has 0 aromatic rings. The summed E-state index contributed by atoms with van der Waals surface area (Å²) in [6.07, 6.45) is 3.49. The van der Waals surface area contributed by atoms with Crippen LogP contribution in [0.4, 0.5) is 0 Å². The summed E-state index contributed by atoms with van der Waals surface area (Å²) in [7, 11) is 6.17. The number of hydrogen-bond donors (Lipinski definition) is 1. The third-order valence-corrected chi connectivity index (χ3v) is 4.06. The highest BCUT2D eigenvalue weighted by molar-refractivity contribution is 5.03. The molecule has 4 heteroatoms. The van der Waals surface area contributed by atoms with E-state index in [4.69, 9.17) is 5.26 Å². The van der Waals surface area contributed by atoms with Crippen molar-refractivity contribution < 1.29 is 0 Å². The summed E-state index contributed by atoms with van der Waals surface area (Å²) in [6, 6.07) is 2.36. The summed E-state index contributed by atoms with van der Waals surface area (Å²) >= 11 is 0. The maximum absolute atomic E-state index is 9.12. The van der Waals surface area contributed by atoms with Gasteiger partial charge in [0.25, 0.3) is 0 Å². The number of likely N-dealkylation sites (tertiary alicyclic amines) is 1. The van der Waals surface area contributed by atoms with E-state index >= 15 is 0 Å². The molecule has 1 unspecified atom stereocenters. The maximum Gasteiger partial charge on any atom is 0.104 e. The molecule has 0 saturated carbocycles. The van der Waals surface area contributed by atoms with Crippen molar-refractivity contribution in [1.29, 1.82) is 5.26 Å². The van der Waals surface area contributed by atoms with Crippen LogP contribution < -0.4 is 5.32 Å². The van der Waals surface area contributed by atoms with Gasteiger partial charge in [-0.25, -0.2) is 0 Å². The zero-order chi connectivity index (χ0) is 13.6. The van der Waals surface area contributed by atoms with E-state index in [9.17, 15) is 0 Å². The van der Waals surface area contributed by atoms with Gasteiger partial charge in [-0.2, -0.15) is 5.26 Å². The molecule has 1 rings (SSSR count). The van der Waals surface area contributed by atoms with Gasteiger partial charge in [-0.1, -0.05) is 0 Å². The van der Waals surface area contributed by atoms with Gasteiger partial charge in [-0.05, 0) is 66.3 Å². The maximum atomic E-state index is 9.12. The first-order valence-corrected chi connectivity index (χ1v) is 6.96. The second-order valence-electron chi connectivity index (χ2n) is 5.99. The van der Waals surface area contributed by atoms with Crippen LogP contribution >= 0.6 is 0 Å². The number of nitrogens with one attached hydrogen (secondary N) is 1. The predicted octanol–water partition coefficient (Wildman–Crippen LogP) is 1.15.